The molecular weight excluding hydrogens is 346 g/mol. The number of carboxylic acid groups (broad SMARTS) is 1. The zero-order valence-corrected chi connectivity index (χ0v) is 16.8. The molecule has 1 unspecified atom stereocenters. The molecule has 0 aromatic rings. The van der Waals surface area contributed by atoms with Crippen molar-refractivity contribution in [1.82, 2.24) is 15.5 Å². The first kappa shape index (κ1) is 21.5. The number of carbonyl (C=O) groups excluding carboxylic acids is 2. The van der Waals surface area contributed by atoms with Crippen LogP contribution in [0.1, 0.15) is 65.2 Å². The molecule has 2 fully saturated rings. The summed E-state index contributed by atoms with van der Waals surface area (Å²) in [4.78, 5) is 38.1. The van der Waals surface area contributed by atoms with Gasteiger partial charge in [0, 0.05) is 32.6 Å². The summed E-state index contributed by atoms with van der Waals surface area (Å²) in [6.07, 6.45) is 6.32. The molecule has 7 nitrogen and oxygen atoms in total. The number of nitrogens with zero attached hydrogens (tertiary/aromatic N) is 1. The van der Waals surface area contributed by atoms with Crippen LogP contribution in [-0.4, -0.2) is 54.1 Å². The van der Waals surface area contributed by atoms with E-state index >= 15 is 0 Å². The van der Waals surface area contributed by atoms with Gasteiger partial charge in [0.2, 0.25) is 5.91 Å². The number of likely N-dealkylation sites (tertiary alicyclic amines) is 1. The van der Waals surface area contributed by atoms with Crippen LogP contribution in [0.25, 0.3) is 0 Å². The largest absolute Gasteiger partial charge is 0.481 e. The maximum absolute atomic E-state index is 12.4. The van der Waals surface area contributed by atoms with Crippen LogP contribution in [0.4, 0.5) is 4.79 Å². The zero-order valence-electron chi connectivity index (χ0n) is 16.8. The summed E-state index contributed by atoms with van der Waals surface area (Å²) in [6, 6.07) is -0.0548. The summed E-state index contributed by atoms with van der Waals surface area (Å²) in [5, 5.41) is 15.4. The molecule has 1 atom stereocenters. The summed E-state index contributed by atoms with van der Waals surface area (Å²) >= 11 is 0. The molecule has 3 amide bonds. The molecule has 154 valence electrons. The number of amides is 3. The highest BCUT2D eigenvalue weighted by Gasteiger charge is 2.40. The number of hydrogen-bond acceptors (Lipinski definition) is 3. The lowest BCUT2D eigenvalue weighted by Crippen LogP contribution is -2.48. The van der Waals surface area contributed by atoms with Crippen molar-refractivity contribution in [2.75, 3.05) is 26.2 Å². The molecule has 1 aliphatic heterocycles. The lowest BCUT2D eigenvalue weighted by molar-refractivity contribution is -0.151. The van der Waals surface area contributed by atoms with Gasteiger partial charge in [0.05, 0.1) is 5.41 Å². The third-order valence-corrected chi connectivity index (χ3v) is 5.83. The van der Waals surface area contributed by atoms with E-state index in [4.69, 9.17) is 0 Å². The highest BCUT2D eigenvalue weighted by atomic mass is 16.4. The maximum Gasteiger partial charge on any atom is 0.317 e. The van der Waals surface area contributed by atoms with Gasteiger partial charge in [0.15, 0.2) is 0 Å². The van der Waals surface area contributed by atoms with Gasteiger partial charge >= 0.3 is 12.0 Å². The molecule has 3 N–H and O–H groups in total. The topological polar surface area (TPSA) is 98.7 Å². The van der Waals surface area contributed by atoms with E-state index in [9.17, 15) is 19.5 Å². The van der Waals surface area contributed by atoms with Crippen molar-refractivity contribution in [1.29, 1.82) is 0 Å². The summed E-state index contributed by atoms with van der Waals surface area (Å²) < 4.78 is 0. The number of urea groups is 1. The van der Waals surface area contributed by atoms with E-state index in [2.05, 4.69) is 24.5 Å². The molecule has 2 aliphatic rings. The first-order valence-corrected chi connectivity index (χ1v) is 10.4. The van der Waals surface area contributed by atoms with E-state index in [0.29, 0.717) is 38.3 Å². The molecule has 0 aromatic carbocycles. The third-order valence-electron chi connectivity index (χ3n) is 5.83. The van der Waals surface area contributed by atoms with Crippen molar-refractivity contribution < 1.29 is 19.5 Å². The number of nitrogens with one attached hydrogen (secondary N) is 2. The second-order valence-electron chi connectivity index (χ2n) is 8.66. The van der Waals surface area contributed by atoms with Gasteiger partial charge in [-0.2, -0.15) is 0 Å². The van der Waals surface area contributed by atoms with E-state index in [-0.39, 0.29) is 24.4 Å². The Hall–Kier alpha value is -1.79. The minimum Gasteiger partial charge on any atom is -0.481 e. The van der Waals surface area contributed by atoms with Crippen molar-refractivity contribution in [3.63, 3.8) is 0 Å². The standard InChI is InChI=1S/C20H35N3O4/c1-15(2)12-21-19(27)23-10-6-7-16(13-23)11-17(24)22-14-20(18(25)26)8-4-3-5-9-20/h15-16H,3-14H2,1-2H3,(H,21,27)(H,22,24)(H,25,26). The Bertz CT molecular complexity index is 529. The Kier molecular flexibility index (Phi) is 7.92. The van der Waals surface area contributed by atoms with Crippen LogP contribution >= 0.6 is 0 Å². The van der Waals surface area contributed by atoms with Crippen LogP contribution in [0.3, 0.4) is 0 Å². The normalized spacial score (nSPS) is 22.3. The number of carboxylic acids is 1. The first-order valence-electron chi connectivity index (χ1n) is 10.4. The van der Waals surface area contributed by atoms with Gasteiger partial charge in [-0.15, -0.1) is 0 Å². The van der Waals surface area contributed by atoms with E-state index in [1.807, 2.05) is 0 Å². The van der Waals surface area contributed by atoms with Crippen LogP contribution < -0.4 is 10.6 Å². The molecule has 0 spiro atoms. The molecular formula is C20H35N3O4. The van der Waals surface area contributed by atoms with Crippen LogP contribution in [0, 0.1) is 17.3 Å². The van der Waals surface area contributed by atoms with E-state index < -0.39 is 11.4 Å². The Balaban J connectivity index is 1.79. The molecule has 1 saturated carbocycles. The number of hydrogen-bond donors (Lipinski definition) is 3. The number of aliphatic carboxylic acids is 1. The Labute approximate surface area is 162 Å². The maximum atomic E-state index is 12.4. The molecule has 1 saturated heterocycles. The number of piperidine rings is 1. The smallest absolute Gasteiger partial charge is 0.317 e. The molecule has 0 radical (unpaired) electrons. The van der Waals surface area contributed by atoms with Gasteiger partial charge in [-0.25, -0.2) is 4.79 Å². The fourth-order valence-corrected chi connectivity index (χ4v) is 4.12. The van der Waals surface area contributed by atoms with Crippen molar-refractivity contribution in [2.45, 2.75) is 65.2 Å². The van der Waals surface area contributed by atoms with Gasteiger partial charge in [0.25, 0.3) is 0 Å². The quantitative estimate of drug-likeness (QED) is 0.631. The van der Waals surface area contributed by atoms with Crippen molar-refractivity contribution in [3.05, 3.63) is 0 Å². The summed E-state index contributed by atoms with van der Waals surface area (Å²) in [5.41, 5.74) is -0.802. The SMILES string of the molecule is CC(C)CNC(=O)N1CCCC(CC(=O)NCC2(C(=O)O)CCCCC2)C1. The van der Waals surface area contributed by atoms with E-state index in [1.165, 1.54) is 0 Å². The van der Waals surface area contributed by atoms with E-state index in [1.54, 1.807) is 4.90 Å². The van der Waals surface area contributed by atoms with Crippen molar-refractivity contribution in [3.8, 4) is 0 Å². The first-order chi connectivity index (χ1) is 12.8. The predicted octanol–water partition coefficient (Wildman–Crippen LogP) is 2.61. The summed E-state index contributed by atoms with van der Waals surface area (Å²) in [7, 11) is 0. The van der Waals surface area contributed by atoms with Crippen molar-refractivity contribution in [2.24, 2.45) is 17.3 Å². The molecule has 1 aliphatic carbocycles. The summed E-state index contributed by atoms with van der Waals surface area (Å²) in [5.74, 6) is -0.360. The van der Waals surface area contributed by atoms with Gasteiger partial charge in [-0.3, -0.25) is 9.59 Å². The van der Waals surface area contributed by atoms with Crippen molar-refractivity contribution >= 4 is 17.9 Å². The fourth-order valence-electron chi connectivity index (χ4n) is 4.12. The van der Waals surface area contributed by atoms with Gasteiger partial charge in [0.1, 0.15) is 0 Å². The predicted molar refractivity (Wildman–Crippen MR) is 103 cm³/mol. The molecule has 0 bridgehead atoms. The van der Waals surface area contributed by atoms with Crippen LogP contribution in [-0.2, 0) is 9.59 Å². The average Bonchev–Trinajstić information content (AvgIpc) is 2.65. The van der Waals surface area contributed by atoms with Crippen LogP contribution in [0.5, 0.6) is 0 Å². The van der Waals surface area contributed by atoms with Crippen LogP contribution in [0.2, 0.25) is 0 Å². The molecule has 2 rings (SSSR count). The highest BCUT2D eigenvalue weighted by Crippen LogP contribution is 2.36. The Morgan fingerprint density at radius 2 is 1.81 bits per heavy atom. The van der Waals surface area contributed by atoms with Gasteiger partial charge in [-0.1, -0.05) is 33.1 Å². The van der Waals surface area contributed by atoms with Gasteiger partial charge in [-0.05, 0) is 37.5 Å². The zero-order chi connectivity index (χ0) is 19.9. The number of rotatable bonds is 7. The monoisotopic (exact) mass is 381 g/mol. The minimum atomic E-state index is -0.802. The van der Waals surface area contributed by atoms with Crippen LogP contribution in [0.15, 0.2) is 0 Å². The molecule has 27 heavy (non-hydrogen) atoms. The van der Waals surface area contributed by atoms with E-state index in [0.717, 1.165) is 38.6 Å². The lowest BCUT2D eigenvalue weighted by Gasteiger charge is -2.34. The highest BCUT2D eigenvalue weighted by molar-refractivity contribution is 5.79. The number of carbonyl (C=O) groups is 3. The van der Waals surface area contributed by atoms with Gasteiger partial charge < -0.3 is 20.6 Å². The molecule has 7 heteroatoms. The molecule has 0 aromatic heterocycles. The average molecular weight is 382 g/mol. The second-order valence-corrected chi connectivity index (χ2v) is 8.66. The lowest BCUT2D eigenvalue weighted by atomic mass is 9.74. The Morgan fingerprint density at radius 1 is 1.11 bits per heavy atom. The Morgan fingerprint density at radius 3 is 2.44 bits per heavy atom. The third kappa shape index (κ3) is 6.40. The second kappa shape index (κ2) is 9.95. The molecule has 1 heterocycles. The minimum absolute atomic E-state index is 0.0548. The fraction of sp³-hybridized carbons (Fsp3) is 0.850. The summed E-state index contributed by atoms with van der Waals surface area (Å²) in [6.45, 7) is 6.29.